The van der Waals surface area contributed by atoms with Crippen molar-refractivity contribution in [2.75, 3.05) is 19.6 Å². The van der Waals surface area contributed by atoms with Crippen molar-refractivity contribution in [2.45, 2.75) is 51.9 Å². The number of nitrogens with one attached hydrogen (secondary N) is 1. The molecule has 0 radical (unpaired) electrons. The third-order valence-corrected chi connectivity index (χ3v) is 4.67. The zero-order chi connectivity index (χ0) is 15.1. The van der Waals surface area contributed by atoms with Gasteiger partial charge >= 0.3 is 0 Å². The lowest BCUT2D eigenvalue weighted by Gasteiger charge is -2.30. The number of unbranched alkanes of at least 4 members (excludes halogenated alkanes) is 2. The van der Waals surface area contributed by atoms with E-state index in [-0.39, 0.29) is 17.7 Å². The van der Waals surface area contributed by atoms with Gasteiger partial charge in [-0.1, -0.05) is 25.8 Å². The van der Waals surface area contributed by atoms with Crippen molar-refractivity contribution in [3.63, 3.8) is 0 Å². The Hall–Kier alpha value is -1.32. The quantitative estimate of drug-likeness (QED) is 0.733. The molecule has 0 bridgehead atoms. The first-order valence-electron chi connectivity index (χ1n) is 8.44. The molecule has 0 unspecified atom stereocenters. The number of amides is 2. The second kappa shape index (κ2) is 8.20. The van der Waals surface area contributed by atoms with Crippen molar-refractivity contribution in [1.82, 2.24) is 10.2 Å². The predicted molar refractivity (Wildman–Crippen MR) is 83.7 cm³/mol. The van der Waals surface area contributed by atoms with Crippen LogP contribution in [0.3, 0.4) is 0 Å². The molecule has 21 heavy (non-hydrogen) atoms. The number of hydrogen-bond acceptors (Lipinski definition) is 2. The molecule has 0 aromatic carbocycles. The summed E-state index contributed by atoms with van der Waals surface area (Å²) >= 11 is 0. The van der Waals surface area contributed by atoms with E-state index in [0.717, 1.165) is 51.7 Å². The highest BCUT2D eigenvalue weighted by Crippen LogP contribution is 2.29. The predicted octanol–water partition coefficient (Wildman–Crippen LogP) is 2.50. The Morgan fingerprint density at radius 1 is 1.29 bits per heavy atom. The number of hydrogen-bond donors (Lipinski definition) is 1. The Labute approximate surface area is 128 Å². The summed E-state index contributed by atoms with van der Waals surface area (Å²) in [6.07, 6.45) is 11.1. The number of nitrogens with zero attached hydrogens (tertiary/aromatic N) is 1. The summed E-state index contributed by atoms with van der Waals surface area (Å²) in [5, 5.41) is 3.07. The van der Waals surface area contributed by atoms with Crippen molar-refractivity contribution in [2.24, 2.45) is 11.8 Å². The largest absolute Gasteiger partial charge is 0.356 e. The molecule has 118 valence electrons. The maximum atomic E-state index is 12.1. The van der Waals surface area contributed by atoms with E-state index in [1.165, 1.54) is 12.8 Å². The summed E-state index contributed by atoms with van der Waals surface area (Å²) in [6.45, 7) is 4.61. The Bertz CT molecular complexity index is 384. The van der Waals surface area contributed by atoms with Crippen molar-refractivity contribution >= 4 is 11.8 Å². The fraction of sp³-hybridized carbons (Fsp3) is 0.765. The third kappa shape index (κ3) is 4.87. The Morgan fingerprint density at radius 3 is 2.67 bits per heavy atom. The van der Waals surface area contributed by atoms with Crippen molar-refractivity contribution < 1.29 is 9.59 Å². The van der Waals surface area contributed by atoms with Crippen LogP contribution in [0.25, 0.3) is 0 Å². The molecule has 0 atom stereocenters. The average molecular weight is 292 g/mol. The van der Waals surface area contributed by atoms with E-state index in [1.54, 1.807) is 6.08 Å². The van der Waals surface area contributed by atoms with Gasteiger partial charge in [-0.3, -0.25) is 9.59 Å². The van der Waals surface area contributed by atoms with Crippen LogP contribution in [0.5, 0.6) is 0 Å². The molecule has 0 aromatic rings. The lowest BCUT2D eigenvalue weighted by atomic mass is 9.81. The highest BCUT2D eigenvalue weighted by atomic mass is 16.2. The second-order valence-corrected chi connectivity index (χ2v) is 6.36. The first kappa shape index (κ1) is 16.1. The average Bonchev–Trinajstić information content (AvgIpc) is 2.89. The molecule has 0 spiro atoms. The molecule has 0 aromatic heterocycles. The smallest absolute Gasteiger partial charge is 0.246 e. The van der Waals surface area contributed by atoms with Crippen LogP contribution < -0.4 is 5.32 Å². The topological polar surface area (TPSA) is 49.4 Å². The van der Waals surface area contributed by atoms with Gasteiger partial charge in [0.25, 0.3) is 0 Å². The summed E-state index contributed by atoms with van der Waals surface area (Å²) in [6, 6.07) is 0. The minimum absolute atomic E-state index is 0.144. The molecule has 1 saturated carbocycles. The van der Waals surface area contributed by atoms with Gasteiger partial charge < -0.3 is 10.2 Å². The Balaban J connectivity index is 1.63. The van der Waals surface area contributed by atoms with Gasteiger partial charge in [-0.25, -0.2) is 0 Å². The zero-order valence-corrected chi connectivity index (χ0v) is 13.1. The molecule has 2 amide bonds. The van der Waals surface area contributed by atoms with Crippen LogP contribution in [0.4, 0.5) is 0 Å². The number of carbonyl (C=O) groups is 2. The molecule has 1 N–H and O–H groups in total. The van der Waals surface area contributed by atoms with E-state index in [1.807, 2.05) is 11.0 Å². The van der Waals surface area contributed by atoms with Gasteiger partial charge in [0, 0.05) is 31.6 Å². The fourth-order valence-electron chi connectivity index (χ4n) is 3.29. The first-order chi connectivity index (χ1) is 10.2. The van der Waals surface area contributed by atoms with Crippen molar-refractivity contribution in [3.8, 4) is 0 Å². The Morgan fingerprint density at radius 2 is 2.05 bits per heavy atom. The Kier molecular flexibility index (Phi) is 6.27. The van der Waals surface area contributed by atoms with Crippen LogP contribution in [-0.2, 0) is 9.59 Å². The fourth-order valence-corrected chi connectivity index (χ4v) is 3.29. The first-order valence-corrected chi connectivity index (χ1v) is 8.44. The van der Waals surface area contributed by atoms with Crippen LogP contribution in [0.2, 0.25) is 0 Å². The minimum atomic E-state index is 0.144. The standard InChI is InChI=1S/C17H28N2O2/c1-2-3-4-11-18-17(21)15-9-7-14(8-10-15)13-19-12-5-6-16(19)20/h5-6,14-15H,2-4,7-13H2,1H3,(H,18,21). The highest BCUT2D eigenvalue weighted by Gasteiger charge is 2.28. The molecular weight excluding hydrogens is 264 g/mol. The molecule has 1 aliphatic heterocycles. The van der Waals surface area contributed by atoms with E-state index in [0.29, 0.717) is 5.92 Å². The maximum absolute atomic E-state index is 12.1. The van der Waals surface area contributed by atoms with Crippen LogP contribution in [0.1, 0.15) is 51.9 Å². The summed E-state index contributed by atoms with van der Waals surface area (Å²) in [5.41, 5.74) is 0. The summed E-state index contributed by atoms with van der Waals surface area (Å²) in [5.74, 6) is 1.14. The van der Waals surface area contributed by atoms with E-state index in [4.69, 9.17) is 0 Å². The molecule has 0 saturated heterocycles. The van der Waals surface area contributed by atoms with Gasteiger partial charge in [-0.15, -0.1) is 0 Å². The number of carbonyl (C=O) groups excluding carboxylic acids is 2. The molecule has 2 aliphatic rings. The van der Waals surface area contributed by atoms with Gasteiger partial charge in [0.15, 0.2) is 0 Å². The second-order valence-electron chi connectivity index (χ2n) is 6.36. The molecule has 4 heteroatoms. The maximum Gasteiger partial charge on any atom is 0.246 e. The molecule has 1 fully saturated rings. The van der Waals surface area contributed by atoms with Gasteiger partial charge in [0.05, 0.1) is 0 Å². The summed E-state index contributed by atoms with van der Waals surface area (Å²) < 4.78 is 0. The molecule has 2 rings (SSSR count). The monoisotopic (exact) mass is 292 g/mol. The number of rotatable bonds is 7. The van der Waals surface area contributed by atoms with Gasteiger partial charge in [0.2, 0.25) is 11.8 Å². The van der Waals surface area contributed by atoms with Gasteiger partial charge in [-0.2, -0.15) is 0 Å². The summed E-state index contributed by atoms with van der Waals surface area (Å²) in [7, 11) is 0. The highest BCUT2D eigenvalue weighted by molar-refractivity contribution is 5.89. The van der Waals surface area contributed by atoms with E-state index in [9.17, 15) is 9.59 Å². The van der Waals surface area contributed by atoms with Gasteiger partial charge in [-0.05, 0) is 38.0 Å². The minimum Gasteiger partial charge on any atom is -0.356 e. The van der Waals surface area contributed by atoms with E-state index < -0.39 is 0 Å². The molecule has 1 heterocycles. The summed E-state index contributed by atoms with van der Waals surface area (Å²) in [4.78, 5) is 25.6. The van der Waals surface area contributed by atoms with Crippen LogP contribution in [0.15, 0.2) is 12.2 Å². The normalized spacial score (nSPS) is 25.4. The zero-order valence-electron chi connectivity index (χ0n) is 13.1. The third-order valence-electron chi connectivity index (χ3n) is 4.67. The lowest BCUT2D eigenvalue weighted by molar-refractivity contribution is -0.128. The van der Waals surface area contributed by atoms with Gasteiger partial charge in [0.1, 0.15) is 0 Å². The molecular formula is C17H28N2O2. The van der Waals surface area contributed by atoms with Crippen molar-refractivity contribution in [3.05, 3.63) is 12.2 Å². The van der Waals surface area contributed by atoms with Crippen molar-refractivity contribution in [1.29, 1.82) is 0 Å². The van der Waals surface area contributed by atoms with E-state index >= 15 is 0 Å². The van der Waals surface area contributed by atoms with E-state index in [2.05, 4.69) is 12.2 Å². The molecule has 1 aliphatic carbocycles. The van der Waals surface area contributed by atoms with Crippen LogP contribution in [0, 0.1) is 11.8 Å². The van der Waals surface area contributed by atoms with Crippen LogP contribution in [-0.4, -0.2) is 36.3 Å². The molecule has 4 nitrogen and oxygen atoms in total. The SMILES string of the molecule is CCCCCNC(=O)C1CCC(CN2CC=CC2=O)CC1. The lowest BCUT2D eigenvalue weighted by Crippen LogP contribution is -2.37. The van der Waals surface area contributed by atoms with Crippen LogP contribution >= 0.6 is 0 Å².